The van der Waals surface area contributed by atoms with Crippen LogP contribution in [-0.4, -0.2) is 88.7 Å². The van der Waals surface area contributed by atoms with Gasteiger partial charge in [-0.1, -0.05) is 12.1 Å². The molecular weight excluding hydrogens is 481 g/mol. The third kappa shape index (κ3) is 9.81. The van der Waals surface area contributed by atoms with E-state index in [0.29, 0.717) is 18.1 Å². The van der Waals surface area contributed by atoms with Crippen molar-refractivity contribution in [3.05, 3.63) is 35.6 Å². The molecule has 0 amide bonds. The molecule has 34 heavy (non-hydrogen) atoms. The van der Waals surface area contributed by atoms with E-state index < -0.39 is 24.3 Å². The molecule has 0 aromatic heterocycles. The van der Waals surface area contributed by atoms with Crippen molar-refractivity contribution in [1.82, 2.24) is 9.80 Å². The average Bonchev–Trinajstić information content (AvgIpc) is 2.66. The molecule has 0 spiro atoms. The number of hydrogen-bond acceptors (Lipinski definition) is 5. The molecule has 2 aliphatic rings. The number of morpholine rings is 1. The lowest BCUT2D eigenvalue weighted by Gasteiger charge is -2.51. The number of benzene rings is 1. The van der Waals surface area contributed by atoms with Crippen molar-refractivity contribution in [1.29, 1.82) is 0 Å². The molecule has 3 rings (SSSR count). The minimum Gasteiger partial charge on any atom is -0.475 e. The zero-order chi connectivity index (χ0) is 26.3. The first-order valence-corrected chi connectivity index (χ1v) is 9.94. The van der Waals surface area contributed by atoms with Crippen LogP contribution in [0.5, 0.6) is 0 Å². The van der Waals surface area contributed by atoms with Gasteiger partial charge in [0.25, 0.3) is 0 Å². The summed E-state index contributed by atoms with van der Waals surface area (Å²) in [4.78, 5) is 22.8. The van der Waals surface area contributed by atoms with Crippen molar-refractivity contribution >= 4 is 11.9 Å². The van der Waals surface area contributed by atoms with Gasteiger partial charge < -0.3 is 14.9 Å². The summed E-state index contributed by atoms with van der Waals surface area (Å²) < 4.78 is 82.5. The Labute approximate surface area is 190 Å². The summed E-state index contributed by atoms with van der Waals surface area (Å²) in [6.07, 6.45) is -10.2. The molecule has 1 aromatic carbocycles. The summed E-state index contributed by atoms with van der Waals surface area (Å²) in [5.74, 6) is -5.66. The Balaban J connectivity index is 0.000000343. The second kappa shape index (κ2) is 12.3. The maximum absolute atomic E-state index is 13.3. The van der Waals surface area contributed by atoms with Gasteiger partial charge in [0.2, 0.25) is 0 Å². The highest BCUT2D eigenvalue weighted by molar-refractivity contribution is 5.73. The smallest absolute Gasteiger partial charge is 0.475 e. The lowest BCUT2D eigenvalue weighted by molar-refractivity contribution is -0.193. The number of ether oxygens (including phenoxy) is 1. The topological polar surface area (TPSA) is 90.3 Å². The van der Waals surface area contributed by atoms with Crippen LogP contribution in [0.2, 0.25) is 0 Å². The fraction of sp³-hybridized carbons (Fsp3) is 0.600. The van der Waals surface area contributed by atoms with Gasteiger partial charge in [-0.25, -0.2) is 14.0 Å². The largest absolute Gasteiger partial charge is 0.490 e. The molecule has 2 N–H and O–H groups in total. The van der Waals surface area contributed by atoms with Gasteiger partial charge in [-0.3, -0.25) is 9.80 Å². The van der Waals surface area contributed by atoms with Gasteiger partial charge in [-0.15, -0.1) is 0 Å². The number of carboxylic acid groups (broad SMARTS) is 2. The number of carbonyl (C=O) groups is 2. The van der Waals surface area contributed by atoms with Crippen LogP contribution >= 0.6 is 0 Å². The quantitative estimate of drug-likeness (QED) is 0.608. The Morgan fingerprint density at radius 3 is 1.79 bits per heavy atom. The van der Waals surface area contributed by atoms with Crippen molar-refractivity contribution in [3.8, 4) is 0 Å². The van der Waals surface area contributed by atoms with E-state index in [1.54, 1.807) is 12.1 Å². The fourth-order valence-electron chi connectivity index (χ4n) is 3.64. The summed E-state index contributed by atoms with van der Waals surface area (Å²) in [6, 6.07) is 8.44. The first-order valence-electron chi connectivity index (χ1n) is 9.94. The Morgan fingerprint density at radius 1 is 1.00 bits per heavy atom. The molecular formula is C20H25F7N2O5. The molecule has 0 radical (unpaired) electrons. The molecule has 2 aliphatic heterocycles. The third-order valence-electron chi connectivity index (χ3n) is 4.78. The molecule has 0 aliphatic carbocycles. The second-order valence-electron chi connectivity index (χ2n) is 7.82. The summed E-state index contributed by atoms with van der Waals surface area (Å²) in [5, 5.41) is 14.2. The predicted octanol–water partition coefficient (Wildman–Crippen LogP) is 3.39. The normalized spacial score (nSPS) is 21.1. The van der Waals surface area contributed by atoms with Crippen LogP contribution < -0.4 is 0 Å². The zero-order valence-electron chi connectivity index (χ0n) is 18.2. The Bertz CT molecular complexity index is 779. The number of halogens is 7. The van der Waals surface area contributed by atoms with Gasteiger partial charge in [0.15, 0.2) is 0 Å². The first-order chi connectivity index (χ1) is 15.5. The van der Waals surface area contributed by atoms with E-state index in [1.807, 2.05) is 6.07 Å². The van der Waals surface area contributed by atoms with Gasteiger partial charge in [-0.05, 0) is 31.5 Å². The summed E-state index contributed by atoms with van der Waals surface area (Å²) in [5.41, 5.74) is 1.06. The van der Waals surface area contributed by atoms with Gasteiger partial charge in [-0.2, -0.15) is 26.3 Å². The Hall–Kier alpha value is -2.45. The minimum absolute atomic E-state index is 0.146. The summed E-state index contributed by atoms with van der Waals surface area (Å²) >= 11 is 0. The molecule has 7 nitrogen and oxygen atoms in total. The molecule has 2 saturated heterocycles. The van der Waals surface area contributed by atoms with Gasteiger partial charge >= 0.3 is 24.3 Å². The molecule has 1 aromatic rings. The van der Waals surface area contributed by atoms with Crippen LogP contribution in [0.4, 0.5) is 30.7 Å². The third-order valence-corrected chi connectivity index (χ3v) is 4.78. The van der Waals surface area contributed by atoms with Gasteiger partial charge in [0, 0.05) is 37.8 Å². The number of alkyl halides is 6. The molecule has 2 unspecified atom stereocenters. The standard InChI is InChI=1S/C16H23FN2O.2C2HF3O2/c1-12(2)19-15-8-18(9-16(19)11-20-10-15)7-13-4-3-5-14(17)6-13;2*3-2(4,5)1(6)7/h3-6,12,15-16H,7-11H2,1-2H3;2*(H,6,7). The Kier molecular flexibility index (Phi) is 10.7. The van der Waals surface area contributed by atoms with Gasteiger partial charge in [0.05, 0.1) is 13.2 Å². The minimum atomic E-state index is -5.08. The van der Waals surface area contributed by atoms with Crippen LogP contribution in [0.25, 0.3) is 0 Å². The lowest BCUT2D eigenvalue weighted by atomic mass is 10.0. The van der Waals surface area contributed by atoms with Crippen LogP contribution in [0.1, 0.15) is 19.4 Å². The van der Waals surface area contributed by atoms with Crippen LogP contribution in [0.3, 0.4) is 0 Å². The van der Waals surface area contributed by atoms with Crippen LogP contribution in [-0.2, 0) is 20.9 Å². The predicted molar refractivity (Wildman–Crippen MR) is 104 cm³/mol. The van der Waals surface area contributed by atoms with E-state index >= 15 is 0 Å². The highest BCUT2D eigenvalue weighted by Gasteiger charge is 2.40. The van der Waals surface area contributed by atoms with Crippen molar-refractivity contribution in [2.24, 2.45) is 0 Å². The van der Waals surface area contributed by atoms with E-state index in [0.717, 1.165) is 38.4 Å². The number of piperazine rings is 1. The number of carboxylic acids is 2. The number of hydrogen-bond donors (Lipinski definition) is 2. The van der Waals surface area contributed by atoms with E-state index in [4.69, 9.17) is 24.5 Å². The second-order valence-corrected chi connectivity index (χ2v) is 7.82. The highest BCUT2D eigenvalue weighted by Crippen LogP contribution is 2.25. The number of rotatable bonds is 3. The molecule has 2 atom stereocenters. The van der Waals surface area contributed by atoms with Crippen molar-refractivity contribution < 1.29 is 55.3 Å². The summed E-state index contributed by atoms with van der Waals surface area (Å²) in [6.45, 7) is 8.98. The lowest BCUT2D eigenvalue weighted by Crippen LogP contribution is -2.65. The van der Waals surface area contributed by atoms with Crippen LogP contribution in [0.15, 0.2) is 24.3 Å². The van der Waals surface area contributed by atoms with Crippen molar-refractivity contribution in [3.63, 3.8) is 0 Å². The van der Waals surface area contributed by atoms with Crippen LogP contribution in [0, 0.1) is 5.82 Å². The molecule has 2 heterocycles. The molecule has 2 fully saturated rings. The zero-order valence-corrected chi connectivity index (χ0v) is 18.2. The maximum Gasteiger partial charge on any atom is 0.490 e. The number of fused-ring (bicyclic) bond motifs is 2. The fourth-order valence-corrected chi connectivity index (χ4v) is 3.64. The van der Waals surface area contributed by atoms with E-state index in [2.05, 4.69) is 23.6 Å². The SMILES string of the molecule is CC(C)N1C2COCC1CN(Cc1cccc(F)c1)C2.O=C(O)C(F)(F)F.O=C(O)C(F)(F)F. The molecule has 14 heteroatoms. The molecule has 2 bridgehead atoms. The number of aliphatic carboxylic acids is 2. The van der Waals surface area contributed by atoms with Crippen molar-refractivity contribution in [2.75, 3.05) is 26.3 Å². The maximum atomic E-state index is 13.3. The Morgan fingerprint density at radius 2 is 1.44 bits per heavy atom. The monoisotopic (exact) mass is 506 g/mol. The molecule has 0 saturated carbocycles. The molecule has 194 valence electrons. The number of nitrogens with zero attached hydrogens (tertiary/aromatic N) is 2. The van der Waals surface area contributed by atoms with Crippen molar-refractivity contribution in [2.45, 2.75) is 50.9 Å². The van der Waals surface area contributed by atoms with E-state index in [9.17, 15) is 30.7 Å². The summed E-state index contributed by atoms with van der Waals surface area (Å²) in [7, 11) is 0. The van der Waals surface area contributed by atoms with Gasteiger partial charge in [0.1, 0.15) is 5.82 Å². The van der Waals surface area contributed by atoms with E-state index in [1.165, 1.54) is 6.07 Å². The average molecular weight is 506 g/mol. The highest BCUT2D eigenvalue weighted by atomic mass is 19.4. The first kappa shape index (κ1) is 29.6. The van der Waals surface area contributed by atoms with E-state index in [-0.39, 0.29) is 5.82 Å².